The molecule has 0 radical (unpaired) electrons. The highest BCUT2D eigenvalue weighted by atomic mass is 35.5. The summed E-state index contributed by atoms with van der Waals surface area (Å²) in [6.07, 6.45) is -0.260. The molecule has 1 aliphatic heterocycles. The smallest absolute Gasteiger partial charge is 0.409 e. The molecule has 1 aromatic carbocycles. The molecule has 2 aromatic heterocycles. The minimum absolute atomic E-state index is 0.244. The maximum atomic E-state index is 12.0. The molecule has 0 N–H and O–H groups in total. The van der Waals surface area contributed by atoms with Crippen LogP contribution in [0.4, 0.5) is 10.6 Å². The minimum atomic E-state index is -0.260. The molecule has 1 saturated heterocycles. The second-order valence-electron chi connectivity index (χ2n) is 7.12. The van der Waals surface area contributed by atoms with Crippen LogP contribution in [0.5, 0.6) is 0 Å². The number of thiophene rings is 1. The van der Waals surface area contributed by atoms with Crippen LogP contribution in [0.3, 0.4) is 0 Å². The molecule has 0 aliphatic carbocycles. The van der Waals surface area contributed by atoms with Crippen molar-refractivity contribution >= 4 is 45.1 Å². The minimum Gasteiger partial charge on any atom is -0.450 e. The summed E-state index contributed by atoms with van der Waals surface area (Å²) in [4.78, 5) is 25.8. The first-order valence-corrected chi connectivity index (χ1v) is 10.9. The van der Waals surface area contributed by atoms with Gasteiger partial charge in [0.25, 0.3) is 0 Å². The van der Waals surface area contributed by atoms with Crippen molar-refractivity contribution < 1.29 is 9.53 Å². The molecule has 1 amide bonds. The first kappa shape index (κ1) is 19.9. The summed E-state index contributed by atoms with van der Waals surface area (Å²) in [5, 5.41) is 3.39. The number of ether oxygens (including phenoxy) is 1. The second-order valence-corrected chi connectivity index (χ2v) is 8.31. The quantitative estimate of drug-likeness (QED) is 0.552. The summed E-state index contributed by atoms with van der Waals surface area (Å²) in [6.45, 7) is 8.95. The molecule has 0 saturated carbocycles. The van der Waals surface area contributed by atoms with E-state index in [-0.39, 0.29) is 11.4 Å². The van der Waals surface area contributed by atoms with Crippen molar-refractivity contribution in [3.8, 4) is 11.1 Å². The first-order valence-electron chi connectivity index (χ1n) is 9.67. The fourth-order valence-corrected chi connectivity index (χ4v) is 4.72. The fourth-order valence-electron chi connectivity index (χ4n) is 3.56. The highest BCUT2D eigenvalue weighted by Crippen LogP contribution is 2.39. The monoisotopic (exact) mass is 430 g/mol. The van der Waals surface area contributed by atoms with Crippen LogP contribution in [0.2, 0.25) is 5.28 Å². The molecular weight excluding hydrogens is 408 g/mol. The van der Waals surface area contributed by atoms with E-state index in [0.29, 0.717) is 32.8 Å². The number of amides is 1. The molecule has 4 rings (SSSR count). The number of halogens is 1. The summed E-state index contributed by atoms with van der Waals surface area (Å²) < 4.78 is 5.12. The standard InChI is InChI=1S/C21H23ClN4O2S/c1-4-28-21(27)26-9-7-25(8-10-26)18-17-16(12-29-19(17)24-20(22)23-18)15-6-5-13(2)14(3)11-15/h5-6,11-12H,4,7-10H2,1-3H3. The molecule has 3 aromatic rings. The summed E-state index contributed by atoms with van der Waals surface area (Å²) in [5.74, 6) is 0.831. The Labute approximate surface area is 179 Å². The molecule has 0 unspecified atom stereocenters. The fraction of sp³-hybridized carbons (Fsp3) is 0.381. The van der Waals surface area contributed by atoms with E-state index >= 15 is 0 Å². The van der Waals surface area contributed by atoms with Crippen molar-refractivity contribution in [3.63, 3.8) is 0 Å². The van der Waals surface area contributed by atoms with E-state index in [1.54, 1.807) is 16.2 Å². The van der Waals surface area contributed by atoms with Crippen LogP contribution in [0.15, 0.2) is 23.6 Å². The Hall–Kier alpha value is -2.38. The molecule has 8 heteroatoms. The maximum Gasteiger partial charge on any atom is 0.409 e. The summed E-state index contributed by atoms with van der Waals surface area (Å²) >= 11 is 7.81. The van der Waals surface area contributed by atoms with Crippen molar-refractivity contribution in [2.75, 3.05) is 37.7 Å². The predicted molar refractivity (Wildman–Crippen MR) is 118 cm³/mol. The van der Waals surface area contributed by atoms with E-state index in [0.717, 1.165) is 27.2 Å². The number of carbonyl (C=O) groups excluding carboxylic acids is 1. The Morgan fingerprint density at radius 2 is 1.93 bits per heavy atom. The van der Waals surface area contributed by atoms with Gasteiger partial charge >= 0.3 is 6.09 Å². The van der Waals surface area contributed by atoms with E-state index in [4.69, 9.17) is 16.3 Å². The van der Waals surface area contributed by atoms with E-state index in [1.807, 2.05) is 6.92 Å². The number of nitrogens with zero attached hydrogens (tertiary/aromatic N) is 4. The summed E-state index contributed by atoms with van der Waals surface area (Å²) in [6, 6.07) is 6.48. The first-order chi connectivity index (χ1) is 14.0. The number of hydrogen-bond acceptors (Lipinski definition) is 6. The van der Waals surface area contributed by atoms with Gasteiger partial charge in [-0.25, -0.2) is 9.78 Å². The average Bonchev–Trinajstić information content (AvgIpc) is 3.13. The predicted octanol–water partition coefficient (Wildman–Crippen LogP) is 4.91. The number of benzene rings is 1. The topological polar surface area (TPSA) is 58.6 Å². The summed E-state index contributed by atoms with van der Waals surface area (Å²) in [5.41, 5.74) is 4.79. The molecular formula is C21H23ClN4O2S. The lowest BCUT2D eigenvalue weighted by atomic mass is 10.0. The Balaban J connectivity index is 1.70. The number of aryl methyl sites for hydroxylation is 2. The molecule has 1 fully saturated rings. The highest BCUT2D eigenvalue weighted by molar-refractivity contribution is 7.17. The van der Waals surface area contributed by atoms with Crippen LogP contribution in [0, 0.1) is 13.8 Å². The van der Waals surface area contributed by atoms with Gasteiger partial charge in [-0.3, -0.25) is 0 Å². The molecule has 6 nitrogen and oxygen atoms in total. The molecule has 0 atom stereocenters. The van der Waals surface area contributed by atoms with Gasteiger partial charge in [0.05, 0.1) is 12.0 Å². The van der Waals surface area contributed by atoms with Gasteiger partial charge in [-0.1, -0.05) is 18.2 Å². The average molecular weight is 431 g/mol. The number of carbonyl (C=O) groups is 1. The van der Waals surface area contributed by atoms with Gasteiger partial charge in [0.1, 0.15) is 10.6 Å². The zero-order valence-corrected chi connectivity index (χ0v) is 18.3. The Morgan fingerprint density at radius 1 is 1.17 bits per heavy atom. The van der Waals surface area contributed by atoms with Crippen molar-refractivity contribution in [2.24, 2.45) is 0 Å². The zero-order chi connectivity index (χ0) is 20.5. The normalized spacial score (nSPS) is 14.5. The van der Waals surface area contributed by atoms with Crippen LogP contribution >= 0.6 is 22.9 Å². The third-order valence-corrected chi connectivity index (χ3v) is 6.35. The molecule has 152 valence electrons. The number of piperazine rings is 1. The number of rotatable bonds is 3. The number of aromatic nitrogens is 2. The van der Waals surface area contributed by atoms with Gasteiger partial charge in [0, 0.05) is 37.1 Å². The molecule has 29 heavy (non-hydrogen) atoms. The van der Waals surface area contributed by atoms with Gasteiger partial charge < -0.3 is 14.5 Å². The van der Waals surface area contributed by atoms with Gasteiger partial charge in [-0.2, -0.15) is 4.98 Å². The molecule has 0 bridgehead atoms. The molecule has 1 aliphatic rings. The van der Waals surface area contributed by atoms with Crippen molar-refractivity contribution in [2.45, 2.75) is 20.8 Å². The van der Waals surface area contributed by atoms with Crippen LogP contribution in [-0.4, -0.2) is 53.7 Å². The number of hydrogen-bond donors (Lipinski definition) is 0. The number of fused-ring (bicyclic) bond motifs is 1. The van der Waals surface area contributed by atoms with Crippen molar-refractivity contribution in [1.82, 2.24) is 14.9 Å². The Morgan fingerprint density at radius 3 is 2.62 bits per heavy atom. The van der Waals surface area contributed by atoms with E-state index < -0.39 is 0 Å². The van der Waals surface area contributed by atoms with E-state index in [9.17, 15) is 4.79 Å². The van der Waals surface area contributed by atoms with Crippen LogP contribution in [-0.2, 0) is 4.74 Å². The summed E-state index contributed by atoms with van der Waals surface area (Å²) in [7, 11) is 0. The third-order valence-electron chi connectivity index (χ3n) is 5.31. The van der Waals surface area contributed by atoms with Gasteiger partial charge in [-0.15, -0.1) is 11.3 Å². The lowest BCUT2D eigenvalue weighted by molar-refractivity contribution is 0.105. The lowest BCUT2D eigenvalue weighted by Crippen LogP contribution is -2.49. The van der Waals surface area contributed by atoms with E-state index in [1.165, 1.54) is 11.1 Å². The zero-order valence-electron chi connectivity index (χ0n) is 16.7. The van der Waals surface area contributed by atoms with Gasteiger partial charge in [0.15, 0.2) is 0 Å². The molecule has 3 heterocycles. The van der Waals surface area contributed by atoms with E-state index in [2.05, 4.69) is 52.3 Å². The lowest BCUT2D eigenvalue weighted by Gasteiger charge is -2.35. The SMILES string of the molecule is CCOC(=O)N1CCN(c2nc(Cl)nc3scc(-c4ccc(C)c(C)c4)c23)CC1. The third kappa shape index (κ3) is 3.89. The van der Waals surface area contributed by atoms with Crippen molar-refractivity contribution in [3.05, 3.63) is 40.0 Å². The highest BCUT2D eigenvalue weighted by Gasteiger charge is 2.26. The van der Waals surface area contributed by atoms with Gasteiger partial charge in [-0.05, 0) is 49.1 Å². The van der Waals surface area contributed by atoms with Crippen molar-refractivity contribution in [1.29, 1.82) is 0 Å². The second kappa shape index (κ2) is 8.16. The van der Waals surface area contributed by atoms with Crippen LogP contribution in [0.25, 0.3) is 21.3 Å². The molecule has 0 spiro atoms. The maximum absolute atomic E-state index is 12.0. The number of anilines is 1. The largest absolute Gasteiger partial charge is 0.450 e. The van der Waals surface area contributed by atoms with Crippen LogP contribution < -0.4 is 4.90 Å². The van der Waals surface area contributed by atoms with Crippen LogP contribution in [0.1, 0.15) is 18.1 Å². The van der Waals surface area contributed by atoms with Gasteiger partial charge in [0.2, 0.25) is 5.28 Å². The Kier molecular flexibility index (Phi) is 5.61. The Bertz CT molecular complexity index is 1060.